The minimum atomic E-state index is -0.699. The van der Waals surface area contributed by atoms with Crippen LogP contribution in [0.3, 0.4) is 0 Å². The maximum absolute atomic E-state index is 11.9. The first kappa shape index (κ1) is 20.0. The van der Waals surface area contributed by atoms with Crippen LogP contribution in [0.4, 0.5) is 17.5 Å². The van der Waals surface area contributed by atoms with Gasteiger partial charge in [-0.25, -0.2) is 0 Å². The van der Waals surface area contributed by atoms with Gasteiger partial charge in [0.25, 0.3) is 5.91 Å². The number of amides is 1. The number of fused-ring (bicyclic) bond motifs is 1. The number of primary amides is 1. The van der Waals surface area contributed by atoms with Crippen LogP contribution in [0.15, 0.2) is 18.3 Å². The molecule has 1 saturated carbocycles. The Morgan fingerprint density at radius 3 is 2.80 bits per heavy atom. The Labute approximate surface area is 174 Å². The van der Waals surface area contributed by atoms with Gasteiger partial charge in [0.15, 0.2) is 11.5 Å². The maximum atomic E-state index is 11.9. The number of nitrogens with one attached hydrogen (secondary N) is 2. The molecular weight excluding hydrogens is 382 g/mol. The lowest BCUT2D eigenvalue weighted by Gasteiger charge is -2.29. The van der Waals surface area contributed by atoms with E-state index in [1.165, 1.54) is 0 Å². The molecule has 158 valence electrons. The van der Waals surface area contributed by atoms with Crippen molar-refractivity contribution in [3.8, 4) is 0 Å². The highest BCUT2D eigenvalue weighted by atomic mass is 16.1. The third-order valence-electron chi connectivity index (χ3n) is 5.49. The molecule has 2 aromatic heterocycles. The van der Waals surface area contributed by atoms with E-state index in [1.54, 1.807) is 0 Å². The quantitative estimate of drug-likeness (QED) is 0.483. The molecule has 1 aliphatic rings. The molecule has 6 N–H and O–H groups in total. The minimum absolute atomic E-state index is 0.0181. The van der Waals surface area contributed by atoms with E-state index in [9.17, 15) is 4.79 Å². The van der Waals surface area contributed by atoms with Crippen LogP contribution in [-0.2, 0) is 6.54 Å². The van der Waals surface area contributed by atoms with Gasteiger partial charge in [-0.3, -0.25) is 9.48 Å². The van der Waals surface area contributed by atoms with Crippen molar-refractivity contribution in [2.24, 2.45) is 11.5 Å². The SMILES string of the molecule is CCn1cc2cc(Nc3nc(N[C@@H]4CCCC[C@@H]4N)nnc3C(N)=O)cc(C)c2n1. The molecule has 0 radical (unpaired) electrons. The first-order valence-corrected chi connectivity index (χ1v) is 10.3. The molecule has 1 aromatic carbocycles. The second-order valence-corrected chi connectivity index (χ2v) is 7.74. The Morgan fingerprint density at radius 1 is 1.27 bits per heavy atom. The summed E-state index contributed by atoms with van der Waals surface area (Å²) >= 11 is 0. The Kier molecular flexibility index (Phi) is 5.49. The van der Waals surface area contributed by atoms with E-state index < -0.39 is 5.91 Å². The van der Waals surface area contributed by atoms with E-state index >= 15 is 0 Å². The van der Waals surface area contributed by atoms with Crippen LogP contribution < -0.4 is 22.1 Å². The van der Waals surface area contributed by atoms with E-state index in [1.807, 2.05) is 36.9 Å². The Hall–Kier alpha value is -3.27. The number of anilines is 3. The second kappa shape index (κ2) is 8.23. The lowest BCUT2D eigenvalue weighted by molar-refractivity contribution is 0.0995. The molecule has 3 aromatic rings. The van der Waals surface area contributed by atoms with Crippen LogP contribution in [0.5, 0.6) is 0 Å². The van der Waals surface area contributed by atoms with Gasteiger partial charge >= 0.3 is 0 Å². The topological polar surface area (TPSA) is 150 Å². The molecule has 30 heavy (non-hydrogen) atoms. The molecule has 0 unspecified atom stereocenters. The van der Waals surface area contributed by atoms with Crippen LogP contribution in [0.2, 0.25) is 0 Å². The first-order chi connectivity index (χ1) is 14.4. The van der Waals surface area contributed by atoms with Crippen molar-refractivity contribution >= 4 is 34.3 Å². The molecule has 0 aliphatic heterocycles. The zero-order valence-corrected chi connectivity index (χ0v) is 17.2. The van der Waals surface area contributed by atoms with Gasteiger partial charge in [0.1, 0.15) is 0 Å². The molecule has 0 saturated heterocycles. The molecule has 1 amide bonds. The van der Waals surface area contributed by atoms with Gasteiger partial charge in [-0.15, -0.1) is 10.2 Å². The lowest BCUT2D eigenvalue weighted by Crippen LogP contribution is -2.43. The van der Waals surface area contributed by atoms with Crippen molar-refractivity contribution in [1.82, 2.24) is 25.0 Å². The number of carbonyl (C=O) groups excluding carboxylic acids is 1. The molecule has 2 heterocycles. The van der Waals surface area contributed by atoms with Gasteiger partial charge in [0.2, 0.25) is 5.95 Å². The Morgan fingerprint density at radius 2 is 2.07 bits per heavy atom. The van der Waals surface area contributed by atoms with E-state index in [0.29, 0.717) is 5.95 Å². The third-order valence-corrected chi connectivity index (χ3v) is 5.49. The third kappa shape index (κ3) is 4.04. The zero-order valence-electron chi connectivity index (χ0n) is 17.2. The van der Waals surface area contributed by atoms with Gasteiger partial charge in [0, 0.05) is 35.9 Å². The molecule has 2 atom stereocenters. The van der Waals surface area contributed by atoms with Gasteiger partial charge in [0.05, 0.1) is 5.52 Å². The number of rotatable bonds is 6. The van der Waals surface area contributed by atoms with Crippen molar-refractivity contribution in [3.05, 3.63) is 29.6 Å². The normalized spacial score (nSPS) is 19.0. The predicted molar refractivity (Wildman–Crippen MR) is 116 cm³/mol. The van der Waals surface area contributed by atoms with Crippen molar-refractivity contribution in [1.29, 1.82) is 0 Å². The zero-order chi connectivity index (χ0) is 21.3. The highest BCUT2D eigenvalue weighted by molar-refractivity contribution is 5.96. The van der Waals surface area contributed by atoms with Gasteiger partial charge < -0.3 is 22.1 Å². The summed E-state index contributed by atoms with van der Waals surface area (Å²) in [7, 11) is 0. The van der Waals surface area contributed by atoms with Gasteiger partial charge in [-0.05, 0) is 44.4 Å². The van der Waals surface area contributed by atoms with Crippen LogP contribution >= 0.6 is 0 Å². The van der Waals surface area contributed by atoms with Crippen molar-refractivity contribution < 1.29 is 4.79 Å². The van der Waals surface area contributed by atoms with Crippen molar-refractivity contribution in [3.63, 3.8) is 0 Å². The summed E-state index contributed by atoms with van der Waals surface area (Å²) in [6, 6.07) is 4.02. The number of aryl methyl sites for hydroxylation is 2. The van der Waals surface area contributed by atoms with E-state index in [-0.39, 0.29) is 23.6 Å². The summed E-state index contributed by atoms with van der Waals surface area (Å²) in [5.41, 5.74) is 14.4. The monoisotopic (exact) mass is 409 g/mol. The molecule has 1 fully saturated rings. The number of carbonyl (C=O) groups is 1. The van der Waals surface area contributed by atoms with Gasteiger partial charge in [-0.2, -0.15) is 10.1 Å². The molecule has 0 bridgehead atoms. The van der Waals surface area contributed by atoms with Crippen molar-refractivity contribution in [2.45, 2.75) is 58.2 Å². The lowest BCUT2D eigenvalue weighted by atomic mass is 9.91. The van der Waals surface area contributed by atoms with E-state index in [4.69, 9.17) is 11.5 Å². The van der Waals surface area contributed by atoms with E-state index in [0.717, 1.165) is 54.4 Å². The standard InChI is InChI=1S/C20H27N9O/c1-3-29-10-12-9-13(8-11(2)16(12)28-29)23-19-17(18(22)30)26-27-20(25-19)24-15-7-5-4-6-14(15)21/h8-10,14-15H,3-7,21H2,1-2H3,(H2,22,30)(H2,23,24,25,27)/t14-,15+/m0/s1. The van der Waals surface area contributed by atoms with Crippen LogP contribution in [0, 0.1) is 6.92 Å². The highest BCUT2D eigenvalue weighted by Crippen LogP contribution is 2.26. The average Bonchev–Trinajstić information content (AvgIpc) is 3.14. The fraction of sp³-hybridized carbons (Fsp3) is 0.450. The number of benzene rings is 1. The molecule has 0 spiro atoms. The number of nitrogens with two attached hydrogens (primary N) is 2. The second-order valence-electron chi connectivity index (χ2n) is 7.74. The molecule has 1 aliphatic carbocycles. The van der Waals surface area contributed by atoms with Crippen molar-refractivity contribution in [2.75, 3.05) is 10.6 Å². The smallest absolute Gasteiger partial charge is 0.273 e. The minimum Gasteiger partial charge on any atom is -0.364 e. The number of nitrogens with zero attached hydrogens (tertiary/aromatic N) is 5. The fourth-order valence-corrected chi connectivity index (χ4v) is 3.88. The summed E-state index contributed by atoms with van der Waals surface area (Å²) in [6.45, 7) is 4.82. The summed E-state index contributed by atoms with van der Waals surface area (Å²) in [4.78, 5) is 16.3. The largest absolute Gasteiger partial charge is 0.364 e. The Bertz CT molecular complexity index is 1080. The molecule has 10 heteroatoms. The van der Waals surface area contributed by atoms with Crippen LogP contribution in [0.25, 0.3) is 10.9 Å². The number of hydrogen-bond donors (Lipinski definition) is 4. The molecule has 4 rings (SSSR count). The van der Waals surface area contributed by atoms with Gasteiger partial charge in [-0.1, -0.05) is 12.8 Å². The number of hydrogen-bond acceptors (Lipinski definition) is 8. The fourth-order valence-electron chi connectivity index (χ4n) is 3.88. The maximum Gasteiger partial charge on any atom is 0.273 e. The van der Waals surface area contributed by atoms with Crippen LogP contribution in [-0.4, -0.2) is 43.0 Å². The predicted octanol–water partition coefficient (Wildman–Crippen LogP) is 2.07. The molecular formula is C20H27N9O. The summed E-state index contributed by atoms with van der Waals surface area (Å²) < 4.78 is 1.89. The summed E-state index contributed by atoms with van der Waals surface area (Å²) in [5.74, 6) is -0.123. The van der Waals surface area contributed by atoms with Crippen LogP contribution in [0.1, 0.15) is 48.7 Å². The summed E-state index contributed by atoms with van der Waals surface area (Å²) in [5, 5.41) is 20.0. The van der Waals surface area contributed by atoms with E-state index in [2.05, 4.69) is 30.9 Å². The molecule has 10 nitrogen and oxygen atoms in total. The first-order valence-electron chi connectivity index (χ1n) is 10.3. The Balaban J connectivity index is 1.65. The summed E-state index contributed by atoms with van der Waals surface area (Å²) in [6.07, 6.45) is 6.12. The average molecular weight is 409 g/mol. The highest BCUT2D eigenvalue weighted by Gasteiger charge is 2.23. The number of aromatic nitrogens is 5.